The summed E-state index contributed by atoms with van der Waals surface area (Å²) in [6, 6.07) is 15.1. The molecule has 4 nitrogen and oxygen atoms in total. The zero-order valence-electron chi connectivity index (χ0n) is 14.0. The number of amides is 1. The summed E-state index contributed by atoms with van der Waals surface area (Å²) in [5.74, 6) is 0.480. The van der Waals surface area contributed by atoms with Crippen LogP contribution < -0.4 is 10.1 Å². The van der Waals surface area contributed by atoms with Crippen molar-refractivity contribution in [3.63, 3.8) is 0 Å². The number of ether oxygens (including phenoxy) is 1. The van der Waals surface area contributed by atoms with E-state index in [1.165, 1.54) is 0 Å². The Kier molecular flexibility index (Phi) is 4.86. The van der Waals surface area contributed by atoms with Crippen molar-refractivity contribution >= 4 is 5.91 Å². The van der Waals surface area contributed by atoms with Gasteiger partial charge < -0.3 is 15.2 Å². The van der Waals surface area contributed by atoms with E-state index in [0.717, 1.165) is 22.4 Å². The first-order valence-electron chi connectivity index (χ1n) is 8.34. The first kappa shape index (κ1) is 16.5. The molecule has 0 aliphatic heterocycles. The number of fused-ring (bicyclic) bond motifs is 1. The molecule has 0 heterocycles. The van der Waals surface area contributed by atoms with Gasteiger partial charge in [-0.1, -0.05) is 43.3 Å². The molecule has 3 atom stereocenters. The average molecular weight is 325 g/mol. The normalized spacial score (nSPS) is 20.3. The molecule has 2 aromatic rings. The summed E-state index contributed by atoms with van der Waals surface area (Å²) in [7, 11) is 1.62. The van der Waals surface area contributed by atoms with Gasteiger partial charge in [-0.25, -0.2) is 0 Å². The lowest BCUT2D eigenvalue weighted by molar-refractivity contribution is -0.124. The number of carbonyl (C=O) groups excluding carboxylic acids is 1. The third kappa shape index (κ3) is 3.15. The van der Waals surface area contributed by atoms with E-state index < -0.39 is 6.10 Å². The van der Waals surface area contributed by atoms with E-state index in [-0.39, 0.29) is 17.9 Å². The molecule has 0 aromatic heterocycles. The highest BCUT2D eigenvalue weighted by Crippen LogP contribution is 2.32. The Labute approximate surface area is 142 Å². The van der Waals surface area contributed by atoms with Gasteiger partial charge in [0.2, 0.25) is 5.91 Å². The van der Waals surface area contributed by atoms with Gasteiger partial charge in [-0.05, 0) is 35.2 Å². The van der Waals surface area contributed by atoms with E-state index in [4.69, 9.17) is 4.74 Å². The van der Waals surface area contributed by atoms with E-state index >= 15 is 0 Å². The smallest absolute Gasteiger partial charge is 0.228 e. The van der Waals surface area contributed by atoms with Gasteiger partial charge in [-0.2, -0.15) is 0 Å². The SMILES string of the molecule is CCC(C(=O)NC1c2ccccc2CC1O)c1ccc(OC)cc1. The van der Waals surface area contributed by atoms with Crippen molar-refractivity contribution < 1.29 is 14.6 Å². The van der Waals surface area contributed by atoms with E-state index in [1.807, 2.05) is 55.5 Å². The van der Waals surface area contributed by atoms with Crippen LogP contribution in [0.2, 0.25) is 0 Å². The molecular weight excluding hydrogens is 302 g/mol. The van der Waals surface area contributed by atoms with Crippen LogP contribution in [0.25, 0.3) is 0 Å². The van der Waals surface area contributed by atoms with Gasteiger partial charge in [0.25, 0.3) is 0 Å². The maximum absolute atomic E-state index is 12.8. The number of benzene rings is 2. The maximum atomic E-state index is 12.8. The summed E-state index contributed by atoms with van der Waals surface area (Å²) >= 11 is 0. The van der Waals surface area contributed by atoms with Gasteiger partial charge >= 0.3 is 0 Å². The molecule has 1 amide bonds. The monoisotopic (exact) mass is 325 g/mol. The number of carbonyl (C=O) groups is 1. The number of rotatable bonds is 5. The average Bonchev–Trinajstić information content (AvgIpc) is 2.92. The van der Waals surface area contributed by atoms with E-state index in [0.29, 0.717) is 12.8 Å². The third-order valence-corrected chi connectivity index (χ3v) is 4.74. The second kappa shape index (κ2) is 7.05. The number of methoxy groups -OCH3 is 1. The van der Waals surface area contributed by atoms with Crippen LogP contribution in [0.5, 0.6) is 5.75 Å². The quantitative estimate of drug-likeness (QED) is 0.888. The lowest BCUT2D eigenvalue weighted by Crippen LogP contribution is -2.36. The second-order valence-electron chi connectivity index (χ2n) is 6.19. The first-order valence-corrected chi connectivity index (χ1v) is 8.34. The highest BCUT2D eigenvalue weighted by atomic mass is 16.5. The zero-order chi connectivity index (χ0) is 17.1. The molecule has 0 bridgehead atoms. The van der Waals surface area contributed by atoms with Crippen LogP contribution in [0, 0.1) is 0 Å². The molecule has 126 valence electrons. The summed E-state index contributed by atoms with van der Waals surface area (Å²) in [5, 5.41) is 13.4. The largest absolute Gasteiger partial charge is 0.497 e. The minimum absolute atomic E-state index is 0.0524. The molecule has 3 rings (SSSR count). The molecule has 1 aliphatic carbocycles. The molecule has 4 heteroatoms. The molecule has 0 saturated carbocycles. The van der Waals surface area contributed by atoms with Crippen molar-refractivity contribution in [2.24, 2.45) is 0 Å². The Hall–Kier alpha value is -2.33. The molecule has 0 fully saturated rings. The number of hydrogen-bond donors (Lipinski definition) is 2. The predicted molar refractivity (Wildman–Crippen MR) is 93.1 cm³/mol. The van der Waals surface area contributed by atoms with Crippen LogP contribution in [0.4, 0.5) is 0 Å². The van der Waals surface area contributed by atoms with Crippen LogP contribution in [-0.2, 0) is 11.2 Å². The number of hydrogen-bond acceptors (Lipinski definition) is 3. The second-order valence-corrected chi connectivity index (χ2v) is 6.19. The molecule has 3 unspecified atom stereocenters. The fraction of sp³-hybridized carbons (Fsp3) is 0.350. The van der Waals surface area contributed by atoms with Gasteiger partial charge in [-0.3, -0.25) is 4.79 Å². The fourth-order valence-electron chi connectivity index (χ4n) is 3.41. The Balaban J connectivity index is 1.77. The van der Waals surface area contributed by atoms with E-state index in [9.17, 15) is 9.90 Å². The third-order valence-electron chi connectivity index (χ3n) is 4.74. The van der Waals surface area contributed by atoms with Crippen LogP contribution in [0.1, 0.15) is 42.0 Å². The van der Waals surface area contributed by atoms with Crippen molar-refractivity contribution in [2.45, 2.75) is 37.8 Å². The highest BCUT2D eigenvalue weighted by Gasteiger charge is 2.33. The minimum atomic E-state index is -0.570. The topological polar surface area (TPSA) is 58.6 Å². The Bertz CT molecular complexity index is 711. The summed E-state index contributed by atoms with van der Waals surface area (Å²) < 4.78 is 5.17. The molecule has 24 heavy (non-hydrogen) atoms. The number of aliphatic hydroxyl groups excluding tert-OH is 1. The maximum Gasteiger partial charge on any atom is 0.228 e. The number of aliphatic hydroxyl groups is 1. The van der Waals surface area contributed by atoms with Gasteiger partial charge in [0.1, 0.15) is 5.75 Å². The van der Waals surface area contributed by atoms with Crippen LogP contribution >= 0.6 is 0 Å². The van der Waals surface area contributed by atoms with E-state index in [2.05, 4.69) is 5.32 Å². The molecule has 0 radical (unpaired) electrons. The molecule has 0 saturated heterocycles. The lowest BCUT2D eigenvalue weighted by atomic mass is 9.94. The fourth-order valence-corrected chi connectivity index (χ4v) is 3.41. The zero-order valence-corrected chi connectivity index (χ0v) is 14.0. The lowest BCUT2D eigenvalue weighted by Gasteiger charge is -2.22. The van der Waals surface area contributed by atoms with Crippen LogP contribution in [-0.4, -0.2) is 24.2 Å². The van der Waals surface area contributed by atoms with Crippen molar-refractivity contribution in [3.8, 4) is 5.75 Å². The van der Waals surface area contributed by atoms with Gasteiger partial charge in [0.05, 0.1) is 25.2 Å². The summed E-state index contributed by atoms with van der Waals surface area (Å²) in [5.41, 5.74) is 3.08. The first-order chi connectivity index (χ1) is 11.6. The minimum Gasteiger partial charge on any atom is -0.497 e. The molecule has 1 aliphatic rings. The molecule has 2 aromatic carbocycles. The van der Waals surface area contributed by atoms with Crippen LogP contribution in [0.3, 0.4) is 0 Å². The van der Waals surface area contributed by atoms with Crippen molar-refractivity contribution in [1.82, 2.24) is 5.32 Å². The standard InChI is InChI=1S/C20H23NO3/c1-3-16(13-8-10-15(24-2)11-9-13)20(23)21-19-17-7-5-4-6-14(17)12-18(19)22/h4-11,16,18-19,22H,3,12H2,1-2H3,(H,21,23). The molecule has 2 N–H and O–H groups in total. The van der Waals surface area contributed by atoms with E-state index in [1.54, 1.807) is 7.11 Å². The van der Waals surface area contributed by atoms with Crippen molar-refractivity contribution in [3.05, 3.63) is 65.2 Å². The molecular formula is C20H23NO3. The Morgan fingerprint density at radius 2 is 1.96 bits per heavy atom. The van der Waals surface area contributed by atoms with Crippen molar-refractivity contribution in [1.29, 1.82) is 0 Å². The summed E-state index contributed by atoms with van der Waals surface area (Å²) in [6.45, 7) is 1.99. The number of nitrogens with one attached hydrogen (secondary N) is 1. The van der Waals surface area contributed by atoms with Gasteiger partial charge in [-0.15, -0.1) is 0 Å². The Morgan fingerprint density at radius 3 is 2.62 bits per heavy atom. The predicted octanol–water partition coefficient (Wildman–Crippen LogP) is 2.96. The van der Waals surface area contributed by atoms with Crippen LogP contribution in [0.15, 0.2) is 48.5 Å². The Morgan fingerprint density at radius 1 is 1.25 bits per heavy atom. The van der Waals surface area contributed by atoms with Gasteiger partial charge in [0.15, 0.2) is 0 Å². The summed E-state index contributed by atoms with van der Waals surface area (Å²) in [6.07, 6.45) is 0.711. The van der Waals surface area contributed by atoms with Crippen molar-refractivity contribution in [2.75, 3.05) is 7.11 Å². The molecule has 0 spiro atoms. The highest BCUT2D eigenvalue weighted by molar-refractivity contribution is 5.84. The summed E-state index contributed by atoms with van der Waals surface area (Å²) in [4.78, 5) is 12.8. The van der Waals surface area contributed by atoms with Gasteiger partial charge in [0, 0.05) is 6.42 Å².